The monoisotopic (exact) mass is 335 g/mol. The van der Waals surface area contributed by atoms with Crippen LogP contribution in [0.15, 0.2) is 71.6 Å². The molecular weight excluding hydrogens is 314 g/mol. The maximum atomic E-state index is 12.8. The summed E-state index contributed by atoms with van der Waals surface area (Å²) in [5.74, 6) is 0. The summed E-state index contributed by atoms with van der Waals surface area (Å²) in [6.07, 6.45) is 1.50. The Hall–Kier alpha value is -2.39. The van der Waals surface area contributed by atoms with Gasteiger partial charge in [0.1, 0.15) is 0 Å². The van der Waals surface area contributed by atoms with E-state index in [-0.39, 0.29) is 0 Å². The first-order valence-corrected chi connectivity index (χ1v) is 9.84. The van der Waals surface area contributed by atoms with Gasteiger partial charge in [0.05, 0.1) is 14.6 Å². The highest BCUT2D eigenvalue weighted by Gasteiger charge is 2.17. The largest absolute Gasteiger partial charge is 0.249 e. The molecule has 0 heterocycles. The molecule has 0 aliphatic carbocycles. The molecule has 0 saturated carbocycles. The highest BCUT2D eigenvalue weighted by atomic mass is 32.2. The summed E-state index contributed by atoms with van der Waals surface area (Å²) >= 11 is 0. The molecule has 0 saturated heterocycles. The van der Waals surface area contributed by atoms with Gasteiger partial charge in [-0.1, -0.05) is 77.9 Å². The molecular formula is C21H21NOS. The lowest BCUT2D eigenvalue weighted by Crippen LogP contribution is -2.01. The van der Waals surface area contributed by atoms with Gasteiger partial charge in [0, 0.05) is 6.26 Å². The van der Waals surface area contributed by atoms with Gasteiger partial charge in [0.25, 0.3) is 0 Å². The fraction of sp³-hybridized carbons (Fsp3) is 0.143. The van der Waals surface area contributed by atoms with Crippen molar-refractivity contribution in [2.75, 3.05) is 6.26 Å². The van der Waals surface area contributed by atoms with Gasteiger partial charge in [-0.3, -0.25) is 0 Å². The van der Waals surface area contributed by atoms with E-state index in [4.69, 9.17) is 4.78 Å². The van der Waals surface area contributed by atoms with Crippen LogP contribution in [0.4, 0.5) is 0 Å². The first-order valence-electron chi connectivity index (χ1n) is 7.87. The Balaban J connectivity index is 2.30. The standard InChI is InChI=1S/C21H21NOS/c1-15-7-11-17(12-8-15)19-5-4-6-20(21(19)24(3,22)23)18-13-9-16(2)10-14-18/h4-14,22H,1-3H3. The van der Waals surface area contributed by atoms with Crippen molar-refractivity contribution in [3.8, 4) is 22.3 Å². The van der Waals surface area contributed by atoms with E-state index >= 15 is 0 Å². The van der Waals surface area contributed by atoms with Crippen LogP contribution in [0.2, 0.25) is 0 Å². The van der Waals surface area contributed by atoms with Crippen LogP contribution in [-0.2, 0) is 9.73 Å². The van der Waals surface area contributed by atoms with Gasteiger partial charge < -0.3 is 0 Å². The van der Waals surface area contributed by atoms with Crippen molar-refractivity contribution in [2.24, 2.45) is 0 Å². The molecule has 1 N–H and O–H groups in total. The van der Waals surface area contributed by atoms with E-state index in [0.717, 1.165) is 22.3 Å². The molecule has 1 unspecified atom stereocenters. The van der Waals surface area contributed by atoms with Crippen molar-refractivity contribution in [1.82, 2.24) is 0 Å². The average Bonchev–Trinajstić information content (AvgIpc) is 2.55. The smallest absolute Gasteiger partial charge is 0.0709 e. The third-order valence-electron chi connectivity index (χ3n) is 4.13. The molecule has 0 amide bonds. The zero-order valence-electron chi connectivity index (χ0n) is 14.2. The fourth-order valence-electron chi connectivity index (χ4n) is 2.88. The van der Waals surface area contributed by atoms with Crippen LogP contribution in [-0.4, -0.2) is 10.5 Å². The number of benzene rings is 3. The molecule has 2 nitrogen and oxygen atoms in total. The lowest BCUT2D eigenvalue weighted by molar-refractivity contribution is 0.679. The molecule has 0 spiro atoms. The van der Waals surface area contributed by atoms with Gasteiger partial charge in [0.2, 0.25) is 0 Å². The normalized spacial score (nSPS) is 13.5. The highest BCUT2D eigenvalue weighted by Crippen LogP contribution is 2.36. The minimum absolute atomic E-state index is 0.609. The van der Waals surface area contributed by atoms with Crippen molar-refractivity contribution in [2.45, 2.75) is 18.7 Å². The third kappa shape index (κ3) is 3.26. The van der Waals surface area contributed by atoms with Crippen LogP contribution in [0.3, 0.4) is 0 Å². The molecule has 122 valence electrons. The molecule has 0 aliphatic heterocycles. The van der Waals surface area contributed by atoms with Crippen LogP contribution in [0, 0.1) is 18.6 Å². The number of nitrogens with one attached hydrogen (secondary N) is 1. The van der Waals surface area contributed by atoms with E-state index in [9.17, 15) is 4.21 Å². The molecule has 3 heteroatoms. The van der Waals surface area contributed by atoms with Crippen LogP contribution < -0.4 is 0 Å². The van der Waals surface area contributed by atoms with E-state index in [0.29, 0.717) is 4.90 Å². The maximum absolute atomic E-state index is 12.8. The van der Waals surface area contributed by atoms with Gasteiger partial charge in [-0.15, -0.1) is 0 Å². The van der Waals surface area contributed by atoms with E-state index in [1.54, 1.807) is 0 Å². The SMILES string of the molecule is Cc1ccc(-c2cccc(-c3ccc(C)cc3)c2S(C)(=N)=O)cc1. The molecule has 3 aromatic rings. The van der Waals surface area contributed by atoms with Gasteiger partial charge in [-0.2, -0.15) is 0 Å². The van der Waals surface area contributed by atoms with Crippen LogP contribution in [0.25, 0.3) is 22.3 Å². The second kappa shape index (κ2) is 6.25. The lowest BCUT2D eigenvalue weighted by atomic mass is 9.98. The number of aryl methyl sites for hydroxylation is 2. The fourth-order valence-corrected chi connectivity index (χ4v) is 4.09. The Labute approximate surface area is 144 Å². The second-order valence-electron chi connectivity index (χ2n) is 6.26. The topological polar surface area (TPSA) is 40.9 Å². The quantitative estimate of drug-likeness (QED) is 0.658. The summed E-state index contributed by atoms with van der Waals surface area (Å²) in [6.45, 7) is 4.09. The molecule has 0 aromatic heterocycles. The molecule has 24 heavy (non-hydrogen) atoms. The zero-order chi connectivity index (χ0) is 17.3. The van der Waals surface area contributed by atoms with Crippen molar-refractivity contribution in [3.63, 3.8) is 0 Å². The van der Waals surface area contributed by atoms with Gasteiger partial charge in [-0.05, 0) is 36.1 Å². The molecule has 0 radical (unpaired) electrons. The summed E-state index contributed by atoms with van der Waals surface area (Å²) < 4.78 is 21.0. The molecule has 3 rings (SSSR count). The Morgan fingerprint density at radius 3 is 1.42 bits per heavy atom. The van der Waals surface area contributed by atoms with Crippen molar-refractivity contribution in [1.29, 1.82) is 4.78 Å². The predicted molar refractivity (Wildman–Crippen MR) is 102 cm³/mol. The molecule has 1 atom stereocenters. The van der Waals surface area contributed by atoms with Crippen molar-refractivity contribution < 1.29 is 4.21 Å². The zero-order valence-corrected chi connectivity index (χ0v) is 15.0. The molecule has 0 aliphatic rings. The Morgan fingerprint density at radius 2 is 1.08 bits per heavy atom. The van der Waals surface area contributed by atoms with Gasteiger partial charge >= 0.3 is 0 Å². The summed E-state index contributed by atoms with van der Waals surface area (Å²) in [6, 6.07) is 22.1. The minimum Gasteiger partial charge on any atom is -0.249 e. The molecule has 0 fully saturated rings. The average molecular weight is 335 g/mol. The van der Waals surface area contributed by atoms with Crippen LogP contribution >= 0.6 is 0 Å². The Kier molecular flexibility index (Phi) is 4.29. The maximum Gasteiger partial charge on any atom is 0.0709 e. The van der Waals surface area contributed by atoms with Gasteiger partial charge in [-0.25, -0.2) is 8.99 Å². The Bertz CT molecular complexity index is 906. The second-order valence-corrected chi connectivity index (χ2v) is 8.35. The summed E-state index contributed by atoms with van der Waals surface area (Å²) in [4.78, 5) is 0.609. The number of hydrogen-bond donors (Lipinski definition) is 1. The predicted octanol–water partition coefficient (Wildman–Crippen LogP) is 5.67. The van der Waals surface area contributed by atoms with Gasteiger partial charge in [0.15, 0.2) is 0 Å². The van der Waals surface area contributed by atoms with E-state index < -0.39 is 9.73 Å². The van der Waals surface area contributed by atoms with Crippen LogP contribution in [0.1, 0.15) is 11.1 Å². The van der Waals surface area contributed by atoms with Crippen molar-refractivity contribution >= 4 is 9.73 Å². The molecule has 3 aromatic carbocycles. The van der Waals surface area contributed by atoms with Crippen molar-refractivity contribution in [3.05, 3.63) is 77.9 Å². The summed E-state index contributed by atoms with van der Waals surface area (Å²) in [5, 5.41) is 0. The first kappa shape index (κ1) is 16.5. The Morgan fingerprint density at radius 1 is 0.708 bits per heavy atom. The summed E-state index contributed by atoms with van der Waals surface area (Å²) in [7, 11) is -2.88. The highest BCUT2D eigenvalue weighted by molar-refractivity contribution is 7.92. The number of rotatable bonds is 3. The number of hydrogen-bond acceptors (Lipinski definition) is 2. The summed E-state index contributed by atoms with van der Waals surface area (Å²) in [5.41, 5.74) is 6.08. The first-order chi connectivity index (χ1) is 11.4. The van der Waals surface area contributed by atoms with Crippen LogP contribution in [0.5, 0.6) is 0 Å². The van der Waals surface area contributed by atoms with E-state index in [1.165, 1.54) is 17.4 Å². The lowest BCUT2D eigenvalue weighted by Gasteiger charge is -2.16. The third-order valence-corrected chi connectivity index (χ3v) is 5.35. The molecule has 0 bridgehead atoms. The van der Waals surface area contributed by atoms with E-state index in [1.807, 2.05) is 80.6 Å². The van der Waals surface area contributed by atoms with E-state index in [2.05, 4.69) is 0 Å². The minimum atomic E-state index is -2.88.